The third-order valence-electron chi connectivity index (χ3n) is 1.62. The number of carbonyl (C=O) groups excluding carboxylic acids is 4. The summed E-state index contributed by atoms with van der Waals surface area (Å²) in [6, 6.07) is 0. The lowest BCUT2D eigenvalue weighted by atomic mass is 10.6. The molecule has 9 nitrogen and oxygen atoms in total. The Labute approximate surface area is 139 Å². The van der Waals surface area contributed by atoms with Crippen molar-refractivity contribution in [2.45, 2.75) is 28.7 Å². The number of amides is 1. The summed E-state index contributed by atoms with van der Waals surface area (Å²) < 4.78 is 8.99. The SMILES string of the molecule is C.C.CCOC(=O)C(=O)NCC=O.CCOC(=O)c1nncs1. The van der Waals surface area contributed by atoms with Gasteiger partial charge in [0.2, 0.25) is 5.01 Å². The predicted octanol–water partition coefficient (Wildman–Crippen LogP) is 0.852. The molecule has 0 saturated carbocycles. The predicted molar refractivity (Wildman–Crippen MR) is 85.0 cm³/mol. The van der Waals surface area contributed by atoms with Crippen LogP contribution in [0.15, 0.2) is 5.51 Å². The zero-order valence-electron chi connectivity index (χ0n) is 11.5. The maximum atomic E-state index is 10.8. The highest BCUT2D eigenvalue weighted by molar-refractivity contribution is 7.11. The number of rotatable bonds is 5. The molecule has 132 valence electrons. The second-order valence-electron chi connectivity index (χ2n) is 3.06. The van der Waals surface area contributed by atoms with Crippen LogP contribution in [0, 0.1) is 0 Å². The molecule has 1 N–H and O–H groups in total. The van der Waals surface area contributed by atoms with Gasteiger partial charge in [0.15, 0.2) is 0 Å². The van der Waals surface area contributed by atoms with Gasteiger partial charge in [0.25, 0.3) is 0 Å². The lowest BCUT2D eigenvalue weighted by molar-refractivity contribution is -0.154. The van der Waals surface area contributed by atoms with Crippen LogP contribution >= 0.6 is 11.3 Å². The molecule has 0 fully saturated rings. The molecule has 1 aromatic rings. The van der Waals surface area contributed by atoms with Gasteiger partial charge in [0.1, 0.15) is 11.8 Å². The van der Waals surface area contributed by atoms with Gasteiger partial charge in [0, 0.05) is 0 Å². The Morgan fingerprint density at radius 1 is 1.22 bits per heavy atom. The Morgan fingerprint density at radius 3 is 2.26 bits per heavy atom. The summed E-state index contributed by atoms with van der Waals surface area (Å²) in [5, 5.41) is 9.36. The van der Waals surface area contributed by atoms with Crippen LogP contribution in [0.5, 0.6) is 0 Å². The fraction of sp³-hybridized carbons (Fsp3) is 0.538. The third kappa shape index (κ3) is 11.9. The number of nitrogens with one attached hydrogen (secondary N) is 1. The molecule has 0 atom stereocenters. The van der Waals surface area contributed by atoms with E-state index in [2.05, 4.69) is 19.7 Å². The normalized spacial score (nSPS) is 8.09. The van der Waals surface area contributed by atoms with Gasteiger partial charge in [-0.1, -0.05) is 26.2 Å². The van der Waals surface area contributed by atoms with Gasteiger partial charge < -0.3 is 19.6 Å². The van der Waals surface area contributed by atoms with E-state index in [0.29, 0.717) is 17.9 Å². The number of nitrogens with zero attached hydrogens (tertiary/aromatic N) is 2. The lowest BCUT2D eigenvalue weighted by Gasteiger charge is -1.99. The summed E-state index contributed by atoms with van der Waals surface area (Å²) in [5.41, 5.74) is 1.49. The highest BCUT2D eigenvalue weighted by Crippen LogP contribution is 2.02. The summed E-state index contributed by atoms with van der Waals surface area (Å²) >= 11 is 1.17. The summed E-state index contributed by atoms with van der Waals surface area (Å²) in [7, 11) is 0. The van der Waals surface area contributed by atoms with Crippen molar-refractivity contribution in [3.05, 3.63) is 10.5 Å². The van der Waals surface area contributed by atoms with Gasteiger partial charge in [-0.3, -0.25) is 4.79 Å². The first-order chi connectivity index (χ1) is 10.1. The van der Waals surface area contributed by atoms with E-state index in [1.54, 1.807) is 13.8 Å². The Balaban J connectivity index is -0.000000321. The van der Waals surface area contributed by atoms with E-state index in [0.717, 1.165) is 0 Å². The number of aromatic nitrogens is 2. The fourth-order valence-corrected chi connectivity index (χ4v) is 1.30. The lowest BCUT2D eigenvalue weighted by Crippen LogP contribution is -2.33. The highest BCUT2D eigenvalue weighted by atomic mass is 32.1. The molecule has 0 aromatic carbocycles. The van der Waals surface area contributed by atoms with E-state index in [9.17, 15) is 19.2 Å². The molecule has 0 aliphatic heterocycles. The van der Waals surface area contributed by atoms with Crippen LogP contribution in [0.4, 0.5) is 0 Å². The van der Waals surface area contributed by atoms with E-state index in [1.165, 1.54) is 16.8 Å². The number of ether oxygens (including phenoxy) is 2. The zero-order valence-corrected chi connectivity index (χ0v) is 12.3. The molecule has 1 heterocycles. The van der Waals surface area contributed by atoms with Crippen LogP contribution in [0.3, 0.4) is 0 Å². The van der Waals surface area contributed by atoms with Crippen LogP contribution in [-0.4, -0.2) is 54.1 Å². The fourth-order valence-electron chi connectivity index (χ4n) is 0.858. The summed E-state index contributed by atoms with van der Waals surface area (Å²) in [4.78, 5) is 41.6. The topological polar surface area (TPSA) is 125 Å². The molecular weight excluding hydrogens is 326 g/mol. The van der Waals surface area contributed by atoms with Gasteiger partial charge in [-0.05, 0) is 13.8 Å². The van der Waals surface area contributed by atoms with E-state index in [-0.39, 0.29) is 28.0 Å². The first-order valence-corrected chi connectivity index (χ1v) is 6.76. The van der Waals surface area contributed by atoms with Crippen LogP contribution in [0.1, 0.15) is 38.5 Å². The molecule has 0 aliphatic rings. The van der Waals surface area contributed by atoms with E-state index in [1.807, 2.05) is 5.32 Å². The Kier molecular flexibility index (Phi) is 17.8. The molecule has 0 saturated heterocycles. The number of aldehydes is 1. The number of hydrogen-bond acceptors (Lipinski definition) is 9. The number of hydrogen-bond donors (Lipinski definition) is 1. The van der Waals surface area contributed by atoms with Crippen LogP contribution in [-0.2, 0) is 23.9 Å². The molecule has 1 amide bonds. The van der Waals surface area contributed by atoms with Crippen molar-refractivity contribution in [1.82, 2.24) is 15.5 Å². The average Bonchev–Trinajstić information content (AvgIpc) is 3.00. The second-order valence-corrected chi connectivity index (χ2v) is 3.89. The van der Waals surface area contributed by atoms with Gasteiger partial charge in [-0.25, -0.2) is 9.59 Å². The molecule has 23 heavy (non-hydrogen) atoms. The molecule has 0 unspecified atom stereocenters. The maximum Gasteiger partial charge on any atom is 0.396 e. The van der Waals surface area contributed by atoms with Crippen molar-refractivity contribution < 1.29 is 28.7 Å². The van der Waals surface area contributed by atoms with Crippen LogP contribution < -0.4 is 5.32 Å². The smallest absolute Gasteiger partial charge is 0.396 e. The van der Waals surface area contributed by atoms with Gasteiger partial charge in [-0.2, -0.15) is 0 Å². The Bertz CT molecular complexity index is 464. The quantitative estimate of drug-likeness (QED) is 0.471. The van der Waals surface area contributed by atoms with E-state index in [4.69, 9.17) is 0 Å². The van der Waals surface area contributed by atoms with Crippen molar-refractivity contribution in [1.29, 1.82) is 0 Å². The Morgan fingerprint density at radius 2 is 1.83 bits per heavy atom. The summed E-state index contributed by atoms with van der Waals surface area (Å²) in [5.74, 6) is -2.25. The van der Waals surface area contributed by atoms with Gasteiger partial charge in [0.05, 0.1) is 19.8 Å². The van der Waals surface area contributed by atoms with E-state index >= 15 is 0 Å². The van der Waals surface area contributed by atoms with Crippen molar-refractivity contribution in [3.8, 4) is 0 Å². The molecule has 0 bridgehead atoms. The standard InChI is InChI=1S/C6H9NO4.C5H6N2O2S.2CH4/c1-2-11-6(10)5(9)7-3-4-8;1-2-9-5(8)4-7-6-3-10-4;;/h4H,2-3H2,1H3,(H,7,9);3H,2H2,1H3;2*1H4. The largest absolute Gasteiger partial charge is 0.461 e. The number of esters is 2. The summed E-state index contributed by atoms with van der Waals surface area (Å²) in [6.07, 6.45) is 0.483. The molecule has 1 rings (SSSR count). The highest BCUT2D eigenvalue weighted by Gasteiger charge is 2.12. The monoisotopic (exact) mass is 349 g/mol. The molecule has 0 radical (unpaired) electrons. The van der Waals surface area contributed by atoms with Gasteiger partial charge in [-0.15, -0.1) is 10.2 Å². The Hall–Kier alpha value is -2.36. The molecule has 0 spiro atoms. The molecule has 1 aromatic heterocycles. The van der Waals surface area contributed by atoms with Crippen molar-refractivity contribution in [2.75, 3.05) is 19.8 Å². The van der Waals surface area contributed by atoms with Crippen molar-refractivity contribution >= 4 is 35.5 Å². The number of carbonyl (C=O) groups is 4. The average molecular weight is 349 g/mol. The minimum Gasteiger partial charge on any atom is -0.461 e. The second kappa shape index (κ2) is 16.0. The maximum absolute atomic E-state index is 10.8. The van der Waals surface area contributed by atoms with E-state index < -0.39 is 17.8 Å². The van der Waals surface area contributed by atoms with Crippen molar-refractivity contribution in [2.24, 2.45) is 0 Å². The van der Waals surface area contributed by atoms with Gasteiger partial charge >= 0.3 is 17.8 Å². The minimum absolute atomic E-state index is 0. The first-order valence-electron chi connectivity index (χ1n) is 5.88. The molecule has 0 aliphatic carbocycles. The first kappa shape index (κ1) is 25.6. The van der Waals surface area contributed by atoms with Crippen molar-refractivity contribution in [3.63, 3.8) is 0 Å². The molecular formula is C13H23N3O6S. The minimum atomic E-state index is -0.964. The van der Waals surface area contributed by atoms with Crippen LogP contribution in [0.2, 0.25) is 0 Å². The molecule has 10 heteroatoms. The third-order valence-corrected chi connectivity index (χ3v) is 2.29. The zero-order chi connectivity index (χ0) is 16.1. The van der Waals surface area contributed by atoms with Crippen LogP contribution in [0.25, 0.3) is 0 Å². The summed E-state index contributed by atoms with van der Waals surface area (Å²) in [6.45, 7) is 3.69.